The van der Waals surface area contributed by atoms with Crippen LogP contribution >= 0.6 is 11.6 Å². The summed E-state index contributed by atoms with van der Waals surface area (Å²) in [5.74, 6) is 1.14. The predicted octanol–water partition coefficient (Wildman–Crippen LogP) is 11.0. The third kappa shape index (κ3) is 10.4. The minimum absolute atomic E-state index is 0.0223. The lowest BCUT2D eigenvalue weighted by molar-refractivity contribution is -0.137. The van der Waals surface area contributed by atoms with Crippen LogP contribution in [0.25, 0.3) is 11.3 Å². The number of hydrogen-bond acceptors (Lipinski definition) is 14. The van der Waals surface area contributed by atoms with Crippen LogP contribution in [0, 0.1) is 12.7 Å². The van der Waals surface area contributed by atoms with E-state index in [2.05, 4.69) is 25.5 Å². The quantitative estimate of drug-likeness (QED) is 0.0842. The van der Waals surface area contributed by atoms with E-state index in [-0.39, 0.29) is 71.8 Å². The number of amidine groups is 1. The molecule has 3 aliphatic rings. The van der Waals surface area contributed by atoms with E-state index in [1.165, 1.54) is 19.3 Å². The van der Waals surface area contributed by atoms with Crippen molar-refractivity contribution in [2.75, 3.05) is 63.7 Å². The van der Waals surface area contributed by atoms with Gasteiger partial charge in [-0.05, 0) is 105 Å². The number of pyridine rings is 1. The van der Waals surface area contributed by atoms with Gasteiger partial charge >= 0.3 is 12.1 Å². The van der Waals surface area contributed by atoms with Crippen molar-refractivity contribution >= 4 is 34.8 Å². The van der Waals surface area contributed by atoms with Crippen molar-refractivity contribution in [3.8, 4) is 34.3 Å². The number of rotatable bonds is 17. The molecule has 5 heterocycles. The van der Waals surface area contributed by atoms with Crippen LogP contribution in [-0.4, -0.2) is 84.8 Å². The molecule has 4 aromatic carbocycles. The van der Waals surface area contributed by atoms with Crippen molar-refractivity contribution in [1.29, 1.82) is 0 Å². The van der Waals surface area contributed by atoms with Crippen LogP contribution in [0.2, 0.25) is 5.02 Å². The fraction of sp³-hybridized carbons (Fsp3) is 0.321. The van der Waals surface area contributed by atoms with E-state index in [0.717, 1.165) is 41.8 Å². The molecule has 6 aromatic rings. The minimum Gasteiger partial charge on any atom is -0.497 e. The van der Waals surface area contributed by atoms with Gasteiger partial charge in [0, 0.05) is 37.4 Å². The van der Waals surface area contributed by atoms with Crippen LogP contribution < -0.4 is 34.5 Å². The van der Waals surface area contributed by atoms with E-state index in [1.807, 2.05) is 67.4 Å². The fourth-order valence-corrected chi connectivity index (χ4v) is 9.55. The Hall–Kier alpha value is -7.31. The minimum atomic E-state index is -4.99. The van der Waals surface area contributed by atoms with Crippen LogP contribution in [0.4, 0.5) is 34.9 Å². The summed E-state index contributed by atoms with van der Waals surface area (Å²) in [6.45, 7) is 5.05. The molecule has 2 N–H and O–H groups in total. The highest BCUT2D eigenvalue weighted by molar-refractivity contribution is 6.37. The molecule has 0 bridgehead atoms. The standard InChI is InChI=1S/C53H54ClF4N9O5/c1-31-22-41(66(25-34-11-17-38(69-5)18-12-34)26-35-13-19-39(70-6)20-14-35)64-48(45(31)53(56,57)58)43-46(54)49-44-50(47(43)55)72-42(71-28-36-8-7-21-65(36)3)27-67(52(44)63-30-61-49)32(2)40-24-59-29-62-51(40)60-23-33-9-15-37(68-4)16-10-33/h9-20,22,24,27,29,32,36,61H,7-8,21,23,25-26,28,30H2,1-6H3,(H,59,60,62)/t32?,36-/m0/s1. The van der Waals surface area contributed by atoms with Crippen LogP contribution in [0.3, 0.4) is 0 Å². The van der Waals surface area contributed by atoms with Gasteiger partial charge in [-0.2, -0.15) is 13.2 Å². The highest BCUT2D eigenvalue weighted by Gasteiger charge is 2.43. The molecule has 2 atom stereocenters. The summed E-state index contributed by atoms with van der Waals surface area (Å²) < 4.78 is 93.9. The summed E-state index contributed by atoms with van der Waals surface area (Å²) >= 11 is 7.28. The first kappa shape index (κ1) is 49.7. The summed E-state index contributed by atoms with van der Waals surface area (Å²) in [6, 6.07) is 23.0. The Labute approximate surface area is 420 Å². The Bertz CT molecular complexity index is 2930. The zero-order valence-corrected chi connectivity index (χ0v) is 41.4. The SMILES string of the molecule is COc1ccc(CNc2ncncc2C(C)N2C=C(OC[C@@H]3CCCN3C)Oc3c(F)c(-c4nc(N(Cc5ccc(OC)cc5)Cc5ccc(OC)cc5)cc(C)c4C(F)(F)F)c(Cl)c4c3C2=NCN4)cc1. The smallest absolute Gasteiger partial charge is 0.418 e. The zero-order valence-electron chi connectivity index (χ0n) is 40.6. The number of benzene rings is 4. The van der Waals surface area contributed by atoms with E-state index in [9.17, 15) is 0 Å². The molecular weight excluding hydrogens is 954 g/mol. The normalized spacial score (nSPS) is 15.8. The van der Waals surface area contributed by atoms with Crippen LogP contribution in [0.5, 0.6) is 23.0 Å². The van der Waals surface area contributed by atoms with E-state index in [1.54, 1.807) is 62.9 Å². The topological polar surface area (TPSA) is 131 Å². The molecule has 1 saturated heterocycles. The Morgan fingerprint density at radius 3 is 2.12 bits per heavy atom. The summed E-state index contributed by atoms with van der Waals surface area (Å²) in [7, 11) is 6.73. The first-order valence-corrected chi connectivity index (χ1v) is 23.7. The molecule has 0 radical (unpaired) electrons. The van der Waals surface area contributed by atoms with Gasteiger partial charge in [-0.3, -0.25) is 0 Å². The van der Waals surface area contributed by atoms with Gasteiger partial charge in [0.05, 0.1) is 66.7 Å². The van der Waals surface area contributed by atoms with Crippen LogP contribution in [0.1, 0.15) is 64.8 Å². The number of hydrogen-bond donors (Lipinski definition) is 2. The number of nitrogens with one attached hydrogen (secondary N) is 2. The molecule has 0 spiro atoms. The third-order valence-corrected chi connectivity index (χ3v) is 13.5. The molecule has 2 aromatic heterocycles. The number of anilines is 3. The number of likely N-dealkylation sites (tertiary alicyclic amines) is 1. The van der Waals surface area contributed by atoms with Crippen molar-refractivity contribution in [3.63, 3.8) is 0 Å². The Morgan fingerprint density at radius 2 is 1.54 bits per heavy atom. The number of ether oxygens (including phenoxy) is 5. The number of aliphatic imine (C=N–C) groups is 1. The Morgan fingerprint density at radius 1 is 0.917 bits per heavy atom. The maximum Gasteiger partial charge on any atom is 0.418 e. The number of likely N-dealkylation sites (N-methyl/N-ethyl adjacent to an activating group) is 1. The lowest BCUT2D eigenvalue weighted by Gasteiger charge is -2.32. The molecule has 14 nitrogen and oxygen atoms in total. The average molecular weight is 1010 g/mol. The van der Waals surface area contributed by atoms with E-state index in [4.69, 9.17) is 45.3 Å². The second-order valence-electron chi connectivity index (χ2n) is 17.7. The Balaban J connectivity index is 1.17. The molecule has 3 aliphatic heterocycles. The summed E-state index contributed by atoms with van der Waals surface area (Å²) in [5.41, 5.74) is 0.754. The summed E-state index contributed by atoms with van der Waals surface area (Å²) in [4.78, 5) is 24.3. The van der Waals surface area contributed by atoms with Gasteiger partial charge < -0.3 is 49.0 Å². The molecular formula is C53H54ClF4N9O5. The number of halogens is 5. The van der Waals surface area contributed by atoms with Gasteiger partial charge in [0.15, 0.2) is 11.6 Å². The van der Waals surface area contributed by atoms with Crippen molar-refractivity contribution in [2.45, 2.75) is 64.6 Å². The lowest BCUT2D eigenvalue weighted by atomic mass is 9.96. The van der Waals surface area contributed by atoms with Crippen LogP contribution in [0.15, 0.2) is 109 Å². The number of aromatic nitrogens is 3. The van der Waals surface area contributed by atoms with Crippen molar-refractivity contribution in [1.82, 2.24) is 24.8 Å². The van der Waals surface area contributed by atoms with Gasteiger partial charge in [-0.1, -0.05) is 48.0 Å². The van der Waals surface area contributed by atoms with Crippen molar-refractivity contribution < 1.29 is 41.2 Å². The molecule has 72 heavy (non-hydrogen) atoms. The van der Waals surface area contributed by atoms with Gasteiger partial charge in [0.1, 0.15) is 54.3 Å². The molecule has 1 fully saturated rings. The fourth-order valence-electron chi connectivity index (χ4n) is 9.22. The molecule has 19 heteroatoms. The van der Waals surface area contributed by atoms with Gasteiger partial charge in [-0.15, -0.1) is 0 Å². The number of aryl methyl sites for hydroxylation is 1. The van der Waals surface area contributed by atoms with Crippen molar-refractivity contribution in [3.05, 3.63) is 153 Å². The maximum absolute atomic E-state index is 18.2. The summed E-state index contributed by atoms with van der Waals surface area (Å²) in [6.07, 6.45) is 1.52. The molecule has 1 unspecified atom stereocenters. The monoisotopic (exact) mass is 1010 g/mol. The Kier molecular flexibility index (Phi) is 14.6. The van der Waals surface area contributed by atoms with E-state index >= 15 is 17.6 Å². The second-order valence-corrected chi connectivity index (χ2v) is 18.1. The first-order chi connectivity index (χ1) is 34.7. The highest BCUT2D eigenvalue weighted by atomic mass is 35.5. The maximum atomic E-state index is 18.2. The van der Waals surface area contributed by atoms with Crippen molar-refractivity contribution in [2.24, 2.45) is 4.99 Å². The predicted molar refractivity (Wildman–Crippen MR) is 268 cm³/mol. The number of alkyl halides is 3. The molecule has 0 saturated carbocycles. The lowest BCUT2D eigenvalue weighted by Crippen LogP contribution is -2.34. The third-order valence-electron chi connectivity index (χ3n) is 13.2. The van der Waals surface area contributed by atoms with E-state index in [0.29, 0.717) is 29.4 Å². The largest absolute Gasteiger partial charge is 0.497 e. The van der Waals surface area contributed by atoms with E-state index < -0.39 is 40.6 Å². The molecule has 0 aliphatic carbocycles. The summed E-state index contributed by atoms with van der Waals surface area (Å²) in [5, 5.41) is 6.21. The molecule has 376 valence electrons. The number of methoxy groups -OCH3 is 3. The first-order valence-electron chi connectivity index (χ1n) is 23.4. The highest BCUT2D eigenvalue weighted by Crippen LogP contribution is 2.51. The number of nitrogens with zero attached hydrogens (tertiary/aromatic N) is 7. The van der Waals surface area contributed by atoms with Gasteiger partial charge in [0.2, 0.25) is 0 Å². The molecule has 0 amide bonds. The van der Waals surface area contributed by atoms with Gasteiger partial charge in [0.25, 0.3) is 0 Å². The van der Waals surface area contributed by atoms with Gasteiger partial charge in [-0.25, -0.2) is 24.3 Å². The zero-order chi connectivity index (χ0) is 50.7. The van der Waals surface area contributed by atoms with Crippen LogP contribution in [-0.2, 0) is 30.5 Å². The molecule has 9 rings (SSSR count). The average Bonchev–Trinajstić information content (AvgIpc) is 3.72. The second kappa shape index (κ2) is 21.2.